The van der Waals surface area contributed by atoms with E-state index in [-0.39, 0.29) is 0 Å². The molecule has 0 aliphatic rings. The molecule has 0 N–H and O–H groups in total. The Morgan fingerprint density at radius 3 is 2.73 bits per heavy atom. The first-order valence-corrected chi connectivity index (χ1v) is 4.32. The second-order valence-electron chi connectivity index (χ2n) is 1.93. The van der Waals surface area contributed by atoms with Crippen molar-refractivity contribution in [2.24, 2.45) is 0 Å². The van der Waals surface area contributed by atoms with E-state index >= 15 is 0 Å². The highest BCUT2D eigenvalue weighted by molar-refractivity contribution is 9.09. The molecule has 0 unspecified atom stereocenters. The minimum atomic E-state index is 0.500. The zero-order valence-electron chi connectivity index (χ0n) is 6.21. The number of benzene rings is 1. The maximum Gasteiger partial charge on any atom is 0.143 e. The van der Waals surface area contributed by atoms with E-state index < -0.39 is 0 Å². The SMILES string of the molecule is COc1cccc(OCBr)c1. The van der Waals surface area contributed by atoms with E-state index in [0.717, 1.165) is 11.5 Å². The van der Waals surface area contributed by atoms with Crippen LogP contribution in [0.15, 0.2) is 24.3 Å². The number of hydrogen-bond acceptors (Lipinski definition) is 2. The van der Waals surface area contributed by atoms with Gasteiger partial charge in [0.15, 0.2) is 0 Å². The largest absolute Gasteiger partial charge is 0.497 e. The quantitative estimate of drug-likeness (QED) is 0.724. The lowest BCUT2D eigenvalue weighted by atomic mass is 10.3. The molecule has 0 heterocycles. The van der Waals surface area contributed by atoms with Crippen molar-refractivity contribution in [3.05, 3.63) is 24.3 Å². The van der Waals surface area contributed by atoms with Gasteiger partial charge in [-0.15, -0.1) is 0 Å². The molecule has 1 aromatic carbocycles. The lowest BCUT2D eigenvalue weighted by Crippen LogP contribution is -1.89. The van der Waals surface area contributed by atoms with Crippen LogP contribution in [0.5, 0.6) is 11.5 Å². The minimum Gasteiger partial charge on any atom is -0.497 e. The minimum absolute atomic E-state index is 0.500. The second kappa shape index (κ2) is 4.23. The summed E-state index contributed by atoms with van der Waals surface area (Å²) in [5.41, 5.74) is 0.500. The van der Waals surface area contributed by atoms with Crippen molar-refractivity contribution in [3.8, 4) is 11.5 Å². The monoisotopic (exact) mass is 216 g/mol. The number of hydrogen-bond donors (Lipinski definition) is 0. The van der Waals surface area contributed by atoms with E-state index in [1.165, 1.54) is 0 Å². The first kappa shape index (κ1) is 8.40. The Kier molecular flexibility index (Phi) is 3.23. The van der Waals surface area contributed by atoms with Gasteiger partial charge in [0.2, 0.25) is 0 Å². The number of halogens is 1. The van der Waals surface area contributed by atoms with E-state index in [9.17, 15) is 0 Å². The first-order chi connectivity index (χ1) is 5.36. The van der Waals surface area contributed by atoms with Gasteiger partial charge in [-0.1, -0.05) is 6.07 Å². The van der Waals surface area contributed by atoms with E-state index in [2.05, 4.69) is 15.9 Å². The molecule has 60 valence electrons. The smallest absolute Gasteiger partial charge is 0.143 e. The molecule has 1 rings (SSSR count). The highest BCUT2D eigenvalue weighted by Gasteiger charge is 1.93. The lowest BCUT2D eigenvalue weighted by Gasteiger charge is -2.03. The van der Waals surface area contributed by atoms with Crippen LogP contribution in [0.2, 0.25) is 0 Å². The van der Waals surface area contributed by atoms with Crippen molar-refractivity contribution in [2.75, 3.05) is 12.6 Å². The molecule has 2 nitrogen and oxygen atoms in total. The Labute approximate surface area is 74.3 Å². The molecule has 3 heteroatoms. The molecule has 0 spiro atoms. The van der Waals surface area contributed by atoms with Crippen LogP contribution < -0.4 is 9.47 Å². The number of alkyl halides is 1. The fraction of sp³-hybridized carbons (Fsp3) is 0.250. The molecule has 0 aliphatic carbocycles. The van der Waals surface area contributed by atoms with Crippen LogP contribution in [0.4, 0.5) is 0 Å². The molecule has 0 amide bonds. The predicted molar refractivity (Wildman–Crippen MR) is 47.4 cm³/mol. The van der Waals surface area contributed by atoms with Crippen molar-refractivity contribution in [2.45, 2.75) is 0 Å². The van der Waals surface area contributed by atoms with Gasteiger partial charge in [0.1, 0.15) is 17.0 Å². The van der Waals surface area contributed by atoms with Crippen molar-refractivity contribution < 1.29 is 9.47 Å². The average Bonchev–Trinajstić information content (AvgIpc) is 2.06. The fourth-order valence-electron chi connectivity index (χ4n) is 0.754. The molecule has 0 saturated heterocycles. The van der Waals surface area contributed by atoms with Gasteiger partial charge in [-0.25, -0.2) is 0 Å². The standard InChI is InChI=1S/C8H9BrO2/c1-10-7-3-2-4-8(5-7)11-6-9/h2-5H,6H2,1H3. The van der Waals surface area contributed by atoms with Gasteiger partial charge in [0.05, 0.1) is 7.11 Å². The number of methoxy groups -OCH3 is 1. The molecule has 0 radical (unpaired) electrons. The van der Waals surface area contributed by atoms with Crippen LogP contribution in [0.3, 0.4) is 0 Å². The van der Waals surface area contributed by atoms with Crippen molar-refractivity contribution in [1.82, 2.24) is 0 Å². The van der Waals surface area contributed by atoms with Crippen molar-refractivity contribution in [1.29, 1.82) is 0 Å². The van der Waals surface area contributed by atoms with Crippen molar-refractivity contribution in [3.63, 3.8) is 0 Å². The Morgan fingerprint density at radius 1 is 1.36 bits per heavy atom. The van der Waals surface area contributed by atoms with Crippen LogP contribution in [0, 0.1) is 0 Å². The predicted octanol–water partition coefficient (Wildman–Crippen LogP) is 2.43. The molecule has 0 saturated carbocycles. The molecule has 0 atom stereocenters. The van der Waals surface area contributed by atoms with Gasteiger partial charge in [0, 0.05) is 6.07 Å². The normalized spacial score (nSPS) is 9.27. The summed E-state index contributed by atoms with van der Waals surface area (Å²) in [6.07, 6.45) is 0. The molecular formula is C8H9BrO2. The zero-order valence-corrected chi connectivity index (χ0v) is 7.80. The van der Waals surface area contributed by atoms with E-state index in [0.29, 0.717) is 5.52 Å². The average molecular weight is 217 g/mol. The summed E-state index contributed by atoms with van der Waals surface area (Å²) in [4.78, 5) is 0. The summed E-state index contributed by atoms with van der Waals surface area (Å²) in [5, 5.41) is 0. The third-order valence-corrected chi connectivity index (χ3v) is 1.49. The Hall–Kier alpha value is -0.700. The molecule has 1 aromatic rings. The van der Waals surface area contributed by atoms with E-state index in [4.69, 9.17) is 9.47 Å². The molecule has 0 aliphatic heterocycles. The fourth-order valence-corrected chi connectivity index (χ4v) is 1.02. The third-order valence-electron chi connectivity index (χ3n) is 1.26. The summed E-state index contributed by atoms with van der Waals surface area (Å²) in [7, 11) is 1.63. The van der Waals surface area contributed by atoms with Gasteiger partial charge >= 0.3 is 0 Å². The Bertz CT molecular complexity index is 225. The maximum atomic E-state index is 5.18. The van der Waals surface area contributed by atoms with Gasteiger partial charge in [-0.2, -0.15) is 0 Å². The Balaban J connectivity index is 2.74. The lowest BCUT2D eigenvalue weighted by molar-refractivity contribution is 0.384. The van der Waals surface area contributed by atoms with Crippen LogP contribution in [0.25, 0.3) is 0 Å². The second-order valence-corrected chi connectivity index (χ2v) is 2.39. The maximum absolute atomic E-state index is 5.18. The highest BCUT2D eigenvalue weighted by Crippen LogP contribution is 2.18. The van der Waals surface area contributed by atoms with Crippen LogP contribution in [-0.4, -0.2) is 12.6 Å². The number of ether oxygens (including phenoxy) is 2. The van der Waals surface area contributed by atoms with Crippen LogP contribution in [0.1, 0.15) is 0 Å². The van der Waals surface area contributed by atoms with Gasteiger partial charge in [-0.05, 0) is 28.1 Å². The molecule has 11 heavy (non-hydrogen) atoms. The topological polar surface area (TPSA) is 18.5 Å². The van der Waals surface area contributed by atoms with E-state index in [1.807, 2.05) is 24.3 Å². The summed E-state index contributed by atoms with van der Waals surface area (Å²) in [5.74, 6) is 1.62. The summed E-state index contributed by atoms with van der Waals surface area (Å²) in [6, 6.07) is 7.48. The molecule has 0 aromatic heterocycles. The number of rotatable bonds is 3. The third kappa shape index (κ3) is 2.42. The molecule has 0 fully saturated rings. The summed E-state index contributed by atoms with van der Waals surface area (Å²) < 4.78 is 10.2. The summed E-state index contributed by atoms with van der Waals surface area (Å²) >= 11 is 3.17. The van der Waals surface area contributed by atoms with Crippen LogP contribution in [-0.2, 0) is 0 Å². The van der Waals surface area contributed by atoms with Crippen molar-refractivity contribution >= 4 is 15.9 Å². The molecule has 0 bridgehead atoms. The van der Waals surface area contributed by atoms with Crippen LogP contribution >= 0.6 is 15.9 Å². The van der Waals surface area contributed by atoms with Gasteiger partial charge < -0.3 is 9.47 Å². The van der Waals surface area contributed by atoms with Gasteiger partial charge in [0.25, 0.3) is 0 Å². The van der Waals surface area contributed by atoms with E-state index in [1.54, 1.807) is 7.11 Å². The molecular weight excluding hydrogens is 208 g/mol. The first-order valence-electron chi connectivity index (χ1n) is 3.19. The summed E-state index contributed by atoms with van der Waals surface area (Å²) in [6.45, 7) is 0. The Morgan fingerprint density at radius 2 is 2.09 bits per heavy atom. The zero-order chi connectivity index (χ0) is 8.10. The van der Waals surface area contributed by atoms with Gasteiger partial charge in [-0.3, -0.25) is 0 Å². The highest BCUT2D eigenvalue weighted by atomic mass is 79.9.